The van der Waals surface area contributed by atoms with Crippen molar-refractivity contribution in [3.05, 3.63) is 46.8 Å². The minimum absolute atomic E-state index is 0.120. The fourth-order valence-electron chi connectivity index (χ4n) is 4.86. The van der Waals surface area contributed by atoms with Crippen LogP contribution >= 0.6 is 0 Å². The molecule has 1 aromatic heterocycles. The zero-order valence-corrected chi connectivity index (χ0v) is 18.4. The zero-order chi connectivity index (χ0) is 23.0. The van der Waals surface area contributed by atoms with Crippen molar-refractivity contribution in [1.29, 1.82) is 0 Å². The van der Waals surface area contributed by atoms with Crippen molar-refractivity contribution in [3.8, 4) is 5.69 Å². The van der Waals surface area contributed by atoms with E-state index in [1.165, 1.54) is 10.7 Å². The first-order chi connectivity index (χ1) is 15.1. The van der Waals surface area contributed by atoms with Gasteiger partial charge < -0.3 is 14.9 Å². The lowest BCUT2D eigenvalue weighted by Gasteiger charge is -2.41. The molecule has 6 nitrogen and oxygen atoms in total. The van der Waals surface area contributed by atoms with Crippen LogP contribution in [0.3, 0.4) is 0 Å². The number of nitrogens with zero attached hydrogens (tertiary/aromatic N) is 4. The molecule has 2 saturated heterocycles. The number of aliphatic hydroxyl groups excluding tert-OH is 1. The highest BCUT2D eigenvalue weighted by molar-refractivity contribution is 5.96. The minimum atomic E-state index is -4.44. The van der Waals surface area contributed by atoms with Crippen LogP contribution in [0.15, 0.2) is 24.3 Å². The number of carbonyl (C=O) groups excluding carboxylic acids is 1. The van der Waals surface area contributed by atoms with Crippen molar-refractivity contribution in [2.24, 2.45) is 0 Å². The molecule has 0 aliphatic carbocycles. The average molecular weight is 451 g/mol. The van der Waals surface area contributed by atoms with Gasteiger partial charge in [-0.15, -0.1) is 0 Å². The molecule has 0 atom stereocenters. The summed E-state index contributed by atoms with van der Waals surface area (Å²) in [6.07, 6.45) is -1.30. The zero-order valence-electron chi connectivity index (χ0n) is 18.4. The topological polar surface area (TPSA) is 61.6 Å². The highest BCUT2D eigenvalue weighted by Gasteiger charge is 2.33. The predicted octanol–water partition coefficient (Wildman–Crippen LogP) is 3.57. The minimum Gasteiger partial charge on any atom is -0.393 e. The largest absolute Gasteiger partial charge is 0.416 e. The molecule has 1 aromatic carbocycles. The number of alkyl halides is 3. The molecule has 0 saturated carbocycles. The Bertz CT molecular complexity index is 972. The van der Waals surface area contributed by atoms with Crippen LogP contribution in [-0.4, -0.2) is 68.9 Å². The van der Waals surface area contributed by atoms with E-state index < -0.39 is 11.7 Å². The maximum absolute atomic E-state index is 13.3. The molecule has 2 aliphatic rings. The standard InChI is InChI=1S/C23H29F3N4O2/c1-15-21(16(2)30(27-15)19-5-3-4-17(14-19)23(24,25)26)22(32)29-10-6-18(7-11-29)28-12-8-20(31)9-13-28/h3-5,14,18,20,31H,6-13H2,1-2H3. The average Bonchev–Trinajstić information content (AvgIpc) is 3.07. The number of benzene rings is 1. The van der Waals surface area contributed by atoms with Gasteiger partial charge in [0.1, 0.15) is 0 Å². The Balaban J connectivity index is 1.48. The van der Waals surface area contributed by atoms with Crippen LogP contribution in [-0.2, 0) is 6.18 Å². The molecule has 2 aromatic rings. The number of hydrogen-bond acceptors (Lipinski definition) is 4. The molecule has 0 radical (unpaired) electrons. The first kappa shape index (κ1) is 22.8. The van der Waals surface area contributed by atoms with Crippen LogP contribution in [0, 0.1) is 13.8 Å². The molecule has 1 N–H and O–H groups in total. The predicted molar refractivity (Wildman–Crippen MR) is 114 cm³/mol. The van der Waals surface area contributed by atoms with Gasteiger partial charge in [0.05, 0.1) is 34.3 Å². The smallest absolute Gasteiger partial charge is 0.393 e. The second-order valence-corrected chi connectivity index (χ2v) is 8.80. The van der Waals surface area contributed by atoms with Gasteiger partial charge in [0.2, 0.25) is 0 Å². The third-order valence-electron chi connectivity index (χ3n) is 6.69. The third-order valence-corrected chi connectivity index (χ3v) is 6.69. The van der Waals surface area contributed by atoms with Gasteiger partial charge in [0.15, 0.2) is 0 Å². The summed E-state index contributed by atoms with van der Waals surface area (Å²) >= 11 is 0. The van der Waals surface area contributed by atoms with Gasteiger partial charge in [-0.05, 0) is 57.7 Å². The van der Waals surface area contributed by atoms with Crippen molar-refractivity contribution >= 4 is 5.91 Å². The molecule has 9 heteroatoms. The van der Waals surface area contributed by atoms with Crippen LogP contribution in [0.25, 0.3) is 5.69 Å². The van der Waals surface area contributed by atoms with Crippen molar-refractivity contribution < 1.29 is 23.1 Å². The molecular weight excluding hydrogens is 421 g/mol. The van der Waals surface area contributed by atoms with Crippen molar-refractivity contribution in [2.75, 3.05) is 26.2 Å². The Morgan fingerprint density at radius 3 is 2.34 bits per heavy atom. The number of aliphatic hydroxyl groups is 1. The summed E-state index contributed by atoms with van der Waals surface area (Å²) in [6, 6.07) is 5.40. The molecule has 174 valence electrons. The molecule has 3 heterocycles. The van der Waals surface area contributed by atoms with Crippen LogP contribution < -0.4 is 0 Å². The highest BCUT2D eigenvalue weighted by Crippen LogP contribution is 2.31. The summed E-state index contributed by atoms with van der Waals surface area (Å²) < 4.78 is 40.8. The number of halogens is 3. The number of carbonyl (C=O) groups is 1. The van der Waals surface area contributed by atoms with Crippen LogP contribution in [0.1, 0.15) is 53.0 Å². The molecule has 4 rings (SSSR count). The van der Waals surface area contributed by atoms with Crippen molar-refractivity contribution in [1.82, 2.24) is 19.6 Å². The van der Waals surface area contributed by atoms with Crippen LogP contribution in [0.4, 0.5) is 13.2 Å². The summed E-state index contributed by atoms with van der Waals surface area (Å²) in [6.45, 7) is 6.49. The number of likely N-dealkylation sites (tertiary alicyclic amines) is 2. The fourth-order valence-corrected chi connectivity index (χ4v) is 4.86. The van der Waals surface area contributed by atoms with Crippen LogP contribution in [0.2, 0.25) is 0 Å². The van der Waals surface area contributed by atoms with Gasteiger partial charge in [-0.3, -0.25) is 4.79 Å². The van der Waals surface area contributed by atoms with Gasteiger partial charge in [0.25, 0.3) is 5.91 Å². The van der Waals surface area contributed by atoms with E-state index >= 15 is 0 Å². The van der Waals surface area contributed by atoms with E-state index in [0.717, 1.165) is 50.9 Å². The molecule has 2 aliphatic heterocycles. The van der Waals surface area contributed by atoms with Crippen LogP contribution in [0.5, 0.6) is 0 Å². The van der Waals surface area contributed by atoms with Crippen molar-refractivity contribution in [3.63, 3.8) is 0 Å². The summed E-state index contributed by atoms with van der Waals surface area (Å²) in [7, 11) is 0. The second-order valence-electron chi connectivity index (χ2n) is 8.80. The number of aromatic nitrogens is 2. The van der Waals surface area contributed by atoms with E-state index in [4.69, 9.17) is 0 Å². The Morgan fingerprint density at radius 1 is 1.06 bits per heavy atom. The number of hydrogen-bond donors (Lipinski definition) is 1. The molecular formula is C23H29F3N4O2. The molecule has 0 unspecified atom stereocenters. The van der Waals surface area contributed by atoms with Gasteiger partial charge in [-0.2, -0.15) is 18.3 Å². The monoisotopic (exact) mass is 450 g/mol. The molecule has 2 fully saturated rings. The molecule has 32 heavy (non-hydrogen) atoms. The maximum atomic E-state index is 13.3. The summed E-state index contributed by atoms with van der Waals surface area (Å²) in [5, 5.41) is 14.1. The first-order valence-electron chi connectivity index (χ1n) is 11.1. The fraction of sp³-hybridized carbons (Fsp3) is 0.565. The van der Waals surface area contributed by atoms with E-state index in [0.29, 0.717) is 36.1 Å². The molecule has 1 amide bonds. The van der Waals surface area contributed by atoms with Crippen molar-refractivity contribution in [2.45, 2.75) is 57.9 Å². The lowest BCUT2D eigenvalue weighted by atomic mass is 9.98. The lowest BCUT2D eigenvalue weighted by molar-refractivity contribution is -0.137. The summed E-state index contributed by atoms with van der Waals surface area (Å²) in [4.78, 5) is 17.5. The number of piperidine rings is 2. The van der Waals surface area contributed by atoms with E-state index in [2.05, 4.69) is 10.00 Å². The normalized spacial score (nSPS) is 19.5. The Labute approximate surface area is 185 Å². The van der Waals surface area contributed by atoms with Gasteiger partial charge >= 0.3 is 6.18 Å². The van der Waals surface area contributed by atoms with Gasteiger partial charge in [-0.25, -0.2) is 4.68 Å². The number of aryl methyl sites for hydroxylation is 1. The Hall–Kier alpha value is -2.39. The van der Waals surface area contributed by atoms with E-state index in [9.17, 15) is 23.1 Å². The van der Waals surface area contributed by atoms with E-state index in [-0.39, 0.29) is 17.7 Å². The first-order valence-corrected chi connectivity index (χ1v) is 11.1. The van der Waals surface area contributed by atoms with Gasteiger partial charge in [-0.1, -0.05) is 6.07 Å². The third kappa shape index (κ3) is 4.54. The quantitative estimate of drug-likeness (QED) is 0.777. The number of amides is 1. The molecule has 0 spiro atoms. The number of rotatable bonds is 3. The maximum Gasteiger partial charge on any atom is 0.416 e. The molecule has 0 bridgehead atoms. The Morgan fingerprint density at radius 2 is 1.72 bits per heavy atom. The lowest BCUT2D eigenvalue weighted by Crippen LogP contribution is -2.49. The summed E-state index contributed by atoms with van der Waals surface area (Å²) in [5.41, 5.74) is 1.05. The van der Waals surface area contributed by atoms with E-state index in [1.807, 2.05) is 4.90 Å². The highest BCUT2D eigenvalue weighted by atomic mass is 19.4. The Kier molecular flexibility index (Phi) is 6.31. The van der Waals surface area contributed by atoms with Gasteiger partial charge in [0, 0.05) is 32.2 Å². The second kappa shape index (κ2) is 8.86. The summed E-state index contributed by atoms with van der Waals surface area (Å²) in [5.74, 6) is -0.120. The van der Waals surface area contributed by atoms with E-state index in [1.54, 1.807) is 19.9 Å². The SMILES string of the molecule is Cc1nn(-c2cccc(C(F)(F)F)c2)c(C)c1C(=O)N1CCC(N2CCC(O)CC2)CC1.